The fourth-order valence-corrected chi connectivity index (χ4v) is 1.79. The number of halogens is 1. The first-order valence-corrected chi connectivity index (χ1v) is 6.47. The minimum Gasteiger partial charge on any atom is -0.493 e. The van der Waals surface area contributed by atoms with Crippen LogP contribution in [0.5, 0.6) is 5.75 Å². The third-order valence-corrected chi connectivity index (χ3v) is 2.79. The van der Waals surface area contributed by atoms with Gasteiger partial charge in [0, 0.05) is 17.7 Å². The molecule has 0 unspecified atom stereocenters. The lowest BCUT2D eigenvalue weighted by atomic mass is 9.91. The zero-order valence-corrected chi connectivity index (χ0v) is 11.8. The predicted octanol–water partition coefficient (Wildman–Crippen LogP) is 4.05. The summed E-state index contributed by atoms with van der Waals surface area (Å²) >= 11 is 0. The van der Waals surface area contributed by atoms with Crippen molar-refractivity contribution in [2.24, 2.45) is 11.1 Å². The summed E-state index contributed by atoms with van der Waals surface area (Å²) in [6.45, 7) is 9.06. The number of hydrogen-bond acceptors (Lipinski definition) is 2. The molecule has 3 heteroatoms. The van der Waals surface area contributed by atoms with E-state index in [9.17, 15) is 4.39 Å². The molecule has 1 rings (SSSR count). The number of rotatable bonds is 5. The van der Waals surface area contributed by atoms with Crippen LogP contribution in [0.4, 0.5) is 4.39 Å². The monoisotopic (exact) mass is 253 g/mol. The fraction of sp³-hybridized carbons (Fsp3) is 0.600. The van der Waals surface area contributed by atoms with E-state index in [2.05, 4.69) is 20.8 Å². The van der Waals surface area contributed by atoms with Crippen molar-refractivity contribution >= 4 is 0 Å². The molecule has 0 aliphatic rings. The molecule has 18 heavy (non-hydrogen) atoms. The third kappa shape index (κ3) is 5.05. The van der Waals surface area contributed by atoms with Gasteiger partial charge in [-0.2, -0.15) is 0 Å². The molecule has 102 valence electrons. The van der Waals surface area contributed by atoms with Gasteiger partial charge in [-0.1, -0.05) is 26.8 Å². The second-order valence-electron chi connectivity index (χ2n) is 5.98. The molecule has 0 radical (unpaired) electrons. The summed E-state index contributed by atoms with van der Waals surface area (Å²) in [5.74, 6) is 0.282. The van der Waals surface area contributed by atoms with Crippen molar-refractivity contribution in [2.75, 3.05) is 6.61 Å². The molecule has 0 aliphatic heterocycles. The van der Waals surface area contributed by atoms with Crippen molar-refractivity contribution in [1.29, 1.82) is 0 Å². The molecular formula is C15H24FNO. The van der Waals surface area contributed by atoms with E-state index < -0.39 is 0 Å². The highest BCUT2D eigenvalue weighted by atomic mass is 19.1. The Morgan fingerprint density at radius 2 is 2.00 bits per heavy atom. The highest BCUT2D eigenvalue weighted by Gasteiger charge is 2.11. The van der Waals surface area contributed by atoms with Gasteiger partial charge in [0.25, 0.3) is 0 Å². The minimum atomic E-state index is -0.287. The molecule has 0 fully saturated rings. The van der Waals surface area contributed by atoms with Crippen LogP contribution in [0, 0.1) is 11.2 Å². The van der Waals surface area contributed by atoms with Crippen molar-refractivity contribution in [3.05, 3.63) is 29.6 Å². The van der Waals surface area contributed by atoms with E-state index in [4.69, 9.17) is 10.5 Å². The van der Waals surface area contributed by atoms with Crippen LogP contribution in [-0.2, 0) is 0 Å². The van der Waals surface area contributed by atoms with E-state index in [1.807, 2.05) is 6.92 Å². The number of ether oxygens (including phenoxy) is 1. The Morgan fingerprint density at radius 3 is 2.56 bits per heavy atom. The van der Waals surface area contributed by atoms with E-state index in [1.54, 1.807) is 6.07 Å². The molecule has 2 N–H and O–H groups in total. The summed E-state index contributed by atoms with van der Waals surface area (Å²) in [5.41, 5.74) is 6.99. The minimum absolute atomic E-state index is 0.150. The highest BCUT2D eigenvalue weighted by Crippen LogP contribution is 2.26. The Balaban J connectivity index is 2.58. The molecule has 1 aromatic carbocycles. The van der Waals surface area contributed by atoms with Gasteiger partial charge in [0.15, 0.2) is 0 Å². The lowest BCUT2D eigenvalue weighted by Crippen LogP contribution is -2.11. The van der Waals surface area contributed by atoms with Crippen LogP contribution in [0.2, 0.25) is 0 Å². The summed E-state index contributed by atoms with van der Waals surface area (Å²) in [6.07, 6.45) is 2.04. The molecule has 0 aliphatic carbocycles. The summed E-state index contributed by atoms with van der Waals surface area (Å²) < 4.78 is 18.8. The van der Waals surface area contributed by atoms with Crippen molar-refractivity contribution in [3.63, 3.8) is 0 Å². The topological polar surface area (TPSA) is 35.2 Å². The average Bonchev–Trinajstić information content (AvgIpc) is 2.22. The molecule has 0 spiro atoms. The van der Waals surface area contributed by atoms with Gasteiger partial charge < -0.3 is 10.5 Å². The van der Waals surface area contributed by atoms with Gasteiger partial charge in [-0.25, -0.2) is 4.39 Å². The van der Waals surface area contributed by atoms with Gasteiger partial charge in [-0.3, -0.25) is 0 Å². The molecule has 2 nitrogen and oxygen atoms in total. The zero-order valence-electron chi connectivity index (χ0n) is 11.8. The van der Waals surface area contributed by atoms with E-state index in [0.29, 0.717) is 17.8 Å². The van der Waals surface area contributed by atoms with Gasteiger partial charge in [0.2, 0.25) is 0 Å². The lowest BCUT2D eigenvalue weighted by molar-refractivity contribution is 0.265. The van der Waals surface area contributed by atoms with Crippen LogP contribution in [0.3, 0.4) is 0 Å². The van der Waals surface area contributed by atoms with Crippen molar-refractivity contribution < 1.29 is 9.13 Å². The summed E-state index contributed by atoms with van der Waals surface area (Å²) in [4.78, 5) is 0. The Morgan fingerprint density at radius 1 is 1.33 bits per heavy atom. The summed E-state index contributed by atoms with van der Waals surface area (Å²) in [6, 6.07) is 4.37. The number of benzene rings is 1. The second kappa shape index (κ2) is 6.19. The SMILES string of the molecule is C[C@H](N)c1ccc(F)cc1OCCCC(C)(C)C. The molecule has 1 atom stereocenters. The third-order valence-electron chi connectivity index (χ3n) is 2.79. The molecule has 0 bridgehead atoms. The van der Waals surface area contributed by atoms with E-state index >= 15 is 0 Å². The molecule has 0 saturated carbocycles. The van der Waals surface area contributed by atoms with Crippen molar-refractivity contribution in [2.45, 2.75) is 46.6 Å². The number of nitrogens with two attached hydrogens (primary N) is 1. The average molecular weight is 253 g/mol. The van der Waals surface area contributed by atoms with Crippen LogP contribution in [-0.4, -0.2) is 6.61 Å². The first-order valence-electron chi connectivity index (χ1n) is 6.47. The molecular weight excluding hydrogens is 229 g/mol. The maximum absolute atomic E-state index is 13.2. The molecule has 0 saturated heterocycles. The molecule has 0 heterocycles. The Kier molecular flexibility index (Phi) is 5.15. The first kappa shape index (κ1) is 15.0. The van der Waals surface area contributed by atoms with E-state index in [1.165, 1.54) is 12.1 Å². The van der Waals surface area contributed by atoms with Crippen LogP contribution in [0.15, 0.2) is 18.2 Å². The standard InChI is InChI=1S/C15H24FNO/c1-11(17)13-7-6-12(16)10-14(13)18-9-5-8-15(2,3)4/h6-7,10-11H,5,8-9,17H2,1-4H3/t11-/m0/s1. The maximum atomic E-state index is 13.2. The van der Waals surface area contributed by atoms with Crippen LogP contribution < -0.4 is 10.5 Å². The molecule has 1 aromatic rings. The van der Waals surface area contributed by atoms with Gasteiger partial charge in [0.05, 0.1) is 6.61 Å². The Hall–Kier alpha value is -1.09. The number of hydrogen-bond donors (Lipinski definition) is 1. The van der Waals surface area contributed by atoms with Gasteiger partial charge >= 0.3 is 0 Å². The highest BCUT2D eigenvalue weighted by molar-refractivity contribution is 5.36. The van der Waals surface area contributed by atoms with Gasteiger partial charge in [-0.05, 0) is 31.2 Å². The van der Waals surface area contributed by atoms with Gasteiger partial charge in [0.1, 0.15) is 11.6 Å². The predicted molar refractivity (Wildman–Crippen MR) is 73.2 cm³/mol. The second-order valence-corrected chi connectivity index (χ2v) is 5.98. The Labute approximate surface area is 109 Å². The van der Waals surface area contributed by atoms with Gasteiger partial charge in [-0.15, -0.1) is 0 Å². The smallest absolute Gasteiger partial charge is 0.126 e. The molecule has 0 aromatic heterocycles. The lowest BCUT2D eigenvalue weighted by Gasteiger charge is -2.19. The van der Waals surface area contributed by atoms with Crippen molar-refractivity contribution in [1.82, 2.24) is 0 Å². The first-order chi connectivity index (χ1) is 8.29. The van der Waals surface area contributed by atoms with Crippen LogP contribution in [0.1, 0.15) is 52.1 Å². The van der Waals surface area contributed by atoms with Crippen LogP contribution in [0.25, 0.3) is 0 Å². The maximum Gasteiger partial charge on any atom is 0.126 e. The molecule has 0 amide bonds. The van der Waals surface area contributed by atoms with Crippen LogP contribution >= 0.6 is 0 Å². The normalized spacial score (nSPS) is 13.4. The Bertz CT molecular complexity index is 383. The fourth-order valence-electron chi connectivity index (χ4n) is 1.79. The zero-order chi connectivity index (χ0) is 13.8. The quantitative estimate of drug-likeness (QED) is 0.803. The van der Waals surface area contributed by atoms with Crippen molar-refractivity contribution in [3.8, 4) is 5.75 Å². The van der Waals surface area contributed by atoms with E-state index in [0.717, 1.165) is 18.4 Å². The summed E-state index contributed by atoms with van der Waals surface area (Å²) in [7, 11) is 0. The summed E-state index contributed by atoms with van der Waals surface area (Å²) in [5, 5.41) is 0. The van der Waals surface area contributed by atoms with E-state index in [-0.39, 0.29) is 11.9 Å². The largest absolute Gasteiger partial charge is 0.493 e.